The quantitative estimate of drug-likeness (QED) is 0.792. The van der Waals surface area contributed by atoms with E-state index in [4.69, 9.17) is 4.74 Å². The van der Waals surface area contributed by atoms with Crippen LogP contribution in [0.5, 0.6) is 11.5 Å². The van der Waals surface area contributed by atoms with Crippen LogP contribution in [-0.2, 0) is 4.74 Å². The molecule has 1 aliphatic rings. The predicted octanol–water partition coefficient (Wildman–Crippen LogP) is 1.21. The van der Waals surface area contributed by atoms with E-state index in [0.717, 1.165) is 6.42 Å². The summed E-state index contributed by atoms with van der Waals surface area (Å²) < 4.78 is 5.08. The molecule has 5 nitrogen and oxygen atoms in total. The molecular weight excluding hydrogens is 234 g/mol. The molecule has 2 N–H and O–H groups in total. The molecule has 1 fully saturated rings. The number of aromatic hydroxyl groups is 2. The summed E-state index contributed by atoms with van der Waals surface area (Å²) in [6, 6.07) is 4.13. The van der Waals surface area contributed by atoms with Gasteiger partial charge >= 0.3 is 0 Å². The Kier molecular flexibility index (Phi) is 3.72. The topological polar surface area (TPSA) is 70.0 Å². The standard InChI is InChI=1S/C13H17NO4/c1-18-8-9-4-5-14(7-9)13(17)10-2-3-11(15)12(16)6-10/h2-3,6,9,15-16H,4-5,7-8H2,1H3. The Hall–Kier alpha value is -1.75. The lowest BCUT2D eigenvalue weighted by Gasteiger charge is -2.16. The molecule has 1 aromatic carbocycles. The molecule has 0 saturated carbocycles. The van der Waals surface area contributed by atoms with Crippen LogP contribution in [0.15, 0.2) is 18.2 Å². The molecule has 1 amide bonds. The lowest BCUT2D eigenvalue weighted by atomic mass is 10.1. The van der Waals surface area contributed by atoms with Gasteiger partial charge in [-0.1, -0.05) is 0 Å². The van der Waals surface area contributed by atoms with Crippen LogP contribution >= 0.6 is 0 Å². The third-order valence-corrected chi connectivity index (χ3v) is 3.20. The molecule has 98 valence electrons. The van der Waals surface area contributed by atoms with Crippen molar-refractivity contribution in [3.05, 3.63) is 23.8 Å². The molecular formula is C13H17NO4. The van der Waals surface area contributed by atoms with Gasteiger partial charge in [-0.3, -0.25) is 4.79 Å². The first-order valence-corrected chi connectivity index (χ1v) is 5.92. The number of methoxy groups -OCH3 is 1. The summed E-state index contributed by atoms with van der Waals surface area (Å²) in [7, 11) is 1.66. The number of likely N-dealkylation sites (tertiary alicyclic amines) is 1. The monoisotopic (exact) mass is 251 g/mol. The van der Waals surface area contributed by atoms with Crippen molar-refractivity contribution in [2.75, 3.05) is 26.8 Å². The van der Waals surface area contributed by atoms with E-state index >= 15 is 0 Å². The van der Waals surface area contributed by atoms with Crippen LogP contribution in [0.25, 0.3) is 0 Å². The Labute approximate surface area is 106 Å². The summed E-state index contributed by atoms with van der Waals surface area (Å²) >= 11 is 0. The molecule has 0 spiro atoms. The van der Waals surface area contributed by atoms with Crippen molar-refractivity contribution < 1.29 is 19.7 Å². The van der Waals surface area contributed by atoms with Crippen LogP contribution in [0.1, 0.15) is 16.8 Å². The van der Waals surface area contributed by atoms with Gasteiger partial charge in [-0.05, 0) is 24.6 Å². The number of hydrogen-bond donors (Lipinski definition) is 2. The number of hydrogen-bond acceptors (Lipinski definition) is 4. The predicted molar refractivity (Wildman–Crippen MR) is 65.7 cm³/mol. The summed E-state index contributed by atoms with van der Waals surface area (Å²) in [5.74, 6) is -0.229. The number of carbonyl (C=O) groups excluding carboxylic acids is 1. The molecule has 5 heteroatoms. The van der Waals surface area contributed by atoms with Crippen LogP contribution in [0, 0.1) is 5.92 Å². The molecule has 1 atom stereocenters. The van der Waals surface area contributed by atoms with Gasteiger partial charge in [0.25, 0.3) is 5.91 Å². The lowest BCUT2D eigenvalue weighted by molar-refractivity contribution is 0.0775. The van der Waals surface area contributed by atoms with E-state index < -0.39 is 0 Å². The van der Waals surface area contributed by atoms with Crippen molar-refractivity contribution in [2.24, 2.45) is 5.92 Å². The number of rotatable bonds is 3. The highest BCUT2D eigenvalue weighted by Gasteiger charge is 2.27. The Balaban J connectivity index is 2.05. The van der Waals surface area contributed by atoms with E-state index in [1.54, 1.807) is 12.0 Å². The molecule has 1 aliphatic heterocycles. The number of amides is 1. The van der Waals surface area contributed by atoms with Gasteiger partial charge < -0.3 is 19.8 Å². The first-order chi connectivity index (χ1) is 8.61. The van der Waals surface area contributed by atoms with Crippen molar-refractivity contribution in [3.8, 4) is 11.5 Å². The zero-order valence-electron chi connectivity index (χ0n) is 10.3. The molecule has 1 saturated heterocycles. The van der Waals surface area contributed by atoms with E-state index in [0.29, 0.717) is 31.2 Å². The number of phenolic OH excluding ortho intramolecular Hbond substituents is 2. The van der Waals surface area contributed by atoms with Gasteiger partial charge in [0.05, 0.1) is 6.61 Å². The highest BCUT2D eigenvalue weighted by Crippen LogP contribution is 2.26. The van der Waals surface area contributed by atoms with Gasteiger partial charge in [0.2, 0.25) is 0 Å². The third-order valence-electron chi connectivity index (χ3n) is 3.20. The van der Waals surface area contributed by atoms with Crippen LogP contribution < -0.4 is 0 Å². The highest BCUT2D eigenvalue weighted by molar-refractivity contribution is 5.95. The van der Waals surface area contributed by atoms with Crippen molar-refractivity contribution >= 4 is 5.91 Å². The van der Waals surface area contributed by atoms with E-state index in [2.05, 4.69) is 0 Å². The molecule has 1 unspecified atom stereocenters. The smallest absolute Gasteiger partial charge is 0.254 e. The SMILES string of the molecule is COCC1CCN(C(=O)c2ccc(O)c(O)c2)C1. The number of carbonyl (C=O) groups is 1. The number of nitrogens with zero attached hydrogens (tertiary/aromatic N) is 1. The normalized spacial score (nSPS) is 19.2. The van der Waals surface area contributed by atoms with Gasteiger partial charge in [0.15, 0.2) is 11.5 Å². The van der Waals surface area contributed by atoms with E-state index in [-0.39, 0.29) is 17.4 Å². The van der Waals surface area contributed by atoms with Crippen molar-refractivity contribution in [2.45, 2.75) is 6.42 Å². The second kappa shape index (κ2) is 5.27. The van der Waals surface area contributed by atoms with Crippen molar-refractivity contribution in [1.29, 1.82) is 0 Å². The van der Waals surface area contributed by atoms with Crippen LogP contribution in [0.4, 0.5) is 0 Å². The van der Waals surface area contributed by atoms with Gasteiger partial charge in [-0.25, -0.2) is 0 Å². The van der Waals surface area contributed by atoms with Crippen molar-refractivity contribution in [1.82, 2.24) is 4.90 Å². The second-order valence-electron chi connectivity index (χ2n) is 4.56. The largest absolute Gasteiger partial charge is 0.504 e. The maximum absolute atomic E-state index is 12.2. The summed E-state index contributed by atoms with van der Waals surface area (Å²) in [5, 5.41) is 18.6. The average Bonchev–Trinajstić information content (AvgIpc) is 2.81. The van der Waals surface area contributed by atoms with Gasteiger partial charge in [0, 0.05) is 31.7 Å². The summed E-state index contributed by atoms with van der Waals surface area (Å²) in [4.78, 5) is 13.9. The van der Waals surface area contributed by atoms with E-state index in [1.165, 1.54) is 18.2 Å². The molecule has 0 aromatic heterocycles. The minimum atomic E-state index is -0.270. The zero-order valence-corrected chi connectivity index (χ0v) is 10.3. The maximum Gasteiger partial charge on any atom is 0.254 e. The Morgan fingerprint density at radius 2 is 2.22 bits per heavy atom. The Morgan fingerprint density at radius 1 is 1.44 bits per heavy atom. The second-order valence-corrected chi connectivity index (χ2v) is 4.56. The van der Waals surface area contributed by atoms with Crippen molar-refractivity contribution in [3.63, 3.8) is 0 Å². The van der Waals surface area contributed by atoms with Crippen LogP contribution in [-0.4, -0.2) is 47.8 Å². The third kappa shape index (κ3) is 2.56. The molecule has 0 radical (unpaired) electrons. The maximum atomic E-state index is 12.2. The minimum absolute atomic E-state index is 0.121. The molecule has 1 heterocycles. The first kappa shape index (κ1) is 12.7. The fourth-order valence-corrected chi connectivity index (χ4v) is 2.23. The summed E-state index contributed by atoms with van der Waals surface area (Å²) in [5.41, 5.74) is 0.392. The molecule has 0 bridgehead atoms. The minimum Gasteiger partial charge on any atom is -0.504 e. The molecule has 0 aliphatic carbocycles. The molecule has 18 heavy (non-hydrogen) atoms. The lowest BCUT2D eigenvalue weighted by Crippen LogP contribution is -2.29. The van der Waals surface area contributed by atoms with Gasteiger partial charge in [-0.2, -0.15) is 0 Å². The first-order valence-electron chi connectivity index (χ1n) is 5.92. The van der Waals surface area contributed by atoms with E-state index in [1.807, 2.05) is 0 Å². The Morgan fingerprint density at radius 3 is 2.89 bits per heavy atom. The summed E-state index contributed by atoms with van der Waals surface area (Å²) in [6.07, 6.45) is 0.934. The number of phenols is 2. The Bertz CT molecular complexity index is 447. The zero-order chi connectivity index (χ0) is 13.1. The fourth-order valence-electron chi connectivity index (χ4n) is 2.23. The molecule has 2 rings (SSSR count). The highest BCUT2D eigenvalue weighted by atomic mass is 16.5. The fraction of sp³-hybridized carbons (Fsp3) is 0.462. The van der Waals surface area contributed by atoms with Gasteiger partial charge in [-0.15, -0.1) is 0 Å². The van der Waals surface area contributed by atoms with Crippen LogP contribution in [0.2, 0.25) is 0 Å². The van der Waals surface area contributed by atoms with E-state index in [9.17, 15) is 15.0 Å². The molecule has 1 aromatic rings. The number of ether oxygens (including phenoxy) is 1. The van der Waals surface area contributed by atoms with Crippen LogP contribution in [0.3, 0.4) is 0 Å². The summed E-state index contributed by atoms with van der Waals surface area (Å²) in [6.45, 7) is 2.04. The average molecular weight is 251 g/mol. The number of benzene rings is 1. The van der Waals surface area contributed by atoms with Gasteiger partial charge in [0.1, 0.15) is 0 Å².